The van der Waals surface area contributed by atoms with Gasteiger partial charge >= 0.3 is 0 Å². The van der Waals surface area contributed by atoms with E-state index >= 15 is 0 Å². The second-order valence-electron chi connectivity index (χ2n) is 8.35. The minimum absolute atomic E-state index is 0.106. The number of benzene rings is 2. The first-order valence-corrected chi connectivity index (χ1v) is 10.5. The van der Waals surface area contributed by atoms with E-state index in [0.717, 1.165) is 45.6 Å². The van der Waals surface area contributed by atoms with Crippen LogP contribution in [0.5, 0.6) is 0 Å². The summed E-state index contributed by atoms with van der Waals surface area (Å²) in [7, 11) is 2.24. The van der Waals surface area contributed by atoms with Crippen LogP contribution < -0.4 is 5.32 Å². The van der Waals surface area contributed by atoms with E-state index < -0.39 is 0 Å². The lowest BCUT2D eigenvalue weighted by atomic mass is 9.84. The number of rotatable bonds is 4. The zero-order valence-corrected chi connectivity index (χ0v) is 16.8. The van der Waals surface area contributed by atoms with Gasteiger partial charge in [0.15, 0.2) is 0 Å². The van der Waals surface area contributed by atoms with Crippen LogP contribution in [0.25, 0.3) is 0 Å². The third-order valence-corrected chi connectivity index (χ3v) is 6.65. The van der Waals surface area contributed by atoms with Gasteiger partial charge in [-0.15, -0.1) is 0 Å². The van der Waals surface area contributed by atoms with Crippen LogP contribution in [-0.4, -0.2) is 61.0 Å². The van der Waals surface area contributed by atoms with Gasteiger partial charge in [0.1, 0.15) is 0 Å². The molecule has 2 fully saturated rings. The maximum absolute atomic E-state index is 11.9. The van der Waals surface area contributed by atoms with E-state index in [4.69, 9.17) is 0 Å². The number of nitrogens with zero attached hydrogens (tertiary/aromatic N) is 2. The number of hydrogen-bond donors (Lipinski definition) is 1. The van der Waals surface area contributed by atoms with Crippen LogP contribution in [0.1, 0.15) is 36.3 Å². The van der Waals surface area contributed by atoms with Crippen molar-refractivity contribution < 1.29 is 4.79 Å². The van der Waals surface area contributed by atoms with Gasteiger partial charge in [-0.25, -0.2) is 0 Å². The molecule has 0 aliphatic carbocycles. The van der Waals surface area contributed by atoms with Crippen LogP contribution in [0.2, 0.25) is 0 Å². The maximum Gasteiger partial charge on any atom is 0.220 e. The fraction of sp³-hybridized carbons (Fsp3) is 0.458. The second-order valence-corrected chi connectivity index (χ2v) is 8.35. The third-order valence-electron chi connectivity index (χ3n) is 6.65. The predicted molar refractivity (Wildman–Crippen MR) is 113 cm³/mol. The molecule has 28 heavy (non-hydrogen) atoms. The van der Waals surface area contributed by atoms with Crippen LogP contribution >= 0.6 is 0 Å². The largest absolute Gasteiger partial charge is 0.356 e. The zero-order chi connectivity index (χ0) is 19.4. The van der Waals surface area contributed by atoms with Crippen molar-refractivity contribution in [1.82, 2.24) is 15.1 Å². The Morgan fingerprint density at radius 2 is 1.61 bits per heavy atom. The number of carbonyl (C=O) groups excluding carboxylic acids is 1. The van der Waals surface area contributed by atoms with E-state index in [1.807, 2.05) is 0 Å². The summed E-state index contributed by atoms with van der Waals surface area (Å²) < 4.78 is 0. The Morgan fingerprint density at radius 1 is 0.964 bits per heavy atom. The van der Waals surface area contributed by atoms with Gasteiger partial charge in [0.05, 0.1) is 0 Å². The fourth-order valence-electron chi connectivity index (χ4n) is 4.87. The molecule has 2 aliphatic rings. The van der Waals surface area contributed by atoms with Crippen molar-refractivity contribution in [3.63, 3.8) is 0 Å². The topological polar surface area (TPSA) is 35.6 Å². The average Bonchev–Trinajstić information content (AvgIpc) is 2.92. The molecule has 1 unspecified atom stereocenters. The molecule has 0 bridgehead atoms. The lowest BCUT2D eigenvalue weighted by Crippen LogP contribution is -2.61. The van der Waals surface area contributed by atoms with Crippen molar-refractivity contribution in [3.8, 4) is 0 Å². The second kappa shape index (κ2) is 8.46. The van der Waals surface area contributed by atoms with E-state index in [0.29, 0.717) is 12.3 Å². The molecule has 4 heteroatoms. The van der Waals surface area contributed by atoms with Crippen molar-refractivity contribution in [3.05, 3.63) is 71.8 Å². The van der Waals surface area contributed by atoms with Gasteiger partial charge in [-0.3, -0.25) is 14.6 Å². The van der Waals surface area contributed by atoms with Crippen molar-refractivity contribution in [1.29, 1.82) is 0 Å². The molecule has 0 aromatic heterocycles. The summed E-state index contributed by atoms with van der Waals surface area (Å²) >= 11 is 0. The number of carbonyl (C=O) groups is 1. The summed E-state index contributed by atoms with van der Waals surface area (Å²) in [5.41, 5.74) is 2.86. The van der Waals surface area contributed by atoms with E-state index in [1.165, 1.54) is 11.1 Å². The number of piperazine rings is 1. The highest BCUT2D eigenvalue weighted by molar-refractivity contribution is 5.76. The summed E-state index contributed by atoms with van der Waals surface area (Å²) in [6, 6.07) is 21.7. The number of amides is 1. The molecular weight excluding hydrogens is 346 g/mol. The highest BCUT2D eigenvalue weighted by Gasteiger charge is 2.41. The molecule has 2 aromatic rings. The molecule has 2 heterocycles. The molecule has 2 saturated heterocycles. The highest BCUT2D eigenvalue weighted by Crippen LogP contribution is 2.33. The van der Waals surface area contributed by atoms with Gasteiger partial charge in [0.2, 0.25) is 5.91 Å². The molecule has 1 amide bonds. The summed E-state index contributed by atoms with van der Waals surface area (Å²) in [5, 5.41) is 3.06. The van der Waals surface area contributed by atoms with Gasteiger partial charge in [-0.2, -0.15) is 0 Å². The van der Waals surface area contributed by atoms with Crippen molar-refractivity contribution in [2.45, 2.75) is 30.7 Å². The number of hydrogen-bond acceptors (Lipinski definition) is 3. The van der Waals surface area contributed by atoms with Gasteiger partial charge in [0.25, 0.3) is 0 Å². The quantitative estimate of drug-likeness (QED) is 0.889. The molecule has 4 nitrogen and oxygen atoms in total. The summed E-state index contributed by atoms with van der Waals surface area (Å²) in [6.45, 7) is 4.98. The Hall–Kier alpha value is -2.17. The van der Waals surface area contributed by atoms with Crippen LogP contribution in [0.4, 0.5) is 0 Å². The Kier molecular flexibility index (Phi) is 5.79. The van der Waals surface area contributed by atoms with Crippen LogP contribution in [0.3, 0.4) is 0 Å². The van der Waals surface area contributed by atoms with E-state index in [1.54, 1.807) is 0 Å². The minimum atomic E-state index is 0.106. The summed E-state index contributed by atoms with van der Waals surface area (Å²) in [4.78, 5) is 17.0. The summed E-state index contributed by atoms with van der Waals surface area (Å²) in [5.74, 6) is 0.572. The molecule has 2 aliphatic heterocycles. The fourth-order valence-corrected chi connectivity index (χ4v) is 4.87. The number of likely N-dealkylation sites (N-methyl/N-ethyl adjacent to an activating group) is 1. The van der Waals surface area contributed by atoms with Gasteiger partial charge < -0.3 is 5.32 Å². The first kappa shape index (κ1) is 19.2. The Labute approximate surface area is 168 Å². The van der Waals surface area contributed by atoms with Crippen LogP contribution in [0, 0.1) is 0 Å². The van der Waals surface area contributed by atoms with Gasteiger partial charge in [-0.1, -0.05) is 60.7 Å². The standard InChI is InChI=1S/C24H31N3O/c1-26-16-17-27(19-24(26)13-12-23(28)25-15-14-24)18-22(20-8-4-2-5-9-20)21-10-6-3-7-11-21/h2-11,22H,12-19H2,1H3,(H,25,28). The molecule has 2 aromatic carbocycles. The van der Waals surface area contributed by atoms with E-state index in [9.17, 15) is 4.79 Å². The van der Waals surface area contributed by atoms with Gasteiger partial charge in [-0.05, 0) is 31.0 Å². The average molecular weight is 378 g/mol. The first-order valence-electron chi connectivity index (χ1n) is 10.5. The first-order chi connectivity index (χ1) is 13.7. The monoisotopic (exact) mass is 377 g/mol. The molecule has 148 valence electrons. The maximum atomic E-state index is 11.9. The Morgan fingerprint density at radius 3 is 2.25 bits per heavy atom. The molecular formula is C24H31N3O. The minimum Gasteiger partial charge on any atom is -0.356 e. The van der Waals surface area contributed by atoms with E-state index in [2.05, 4.69) is 82.8 Å². The molecule has 0 radical (unpaired) electrons. The molecule has 1 N–H and O–H groups in total. The Balaban J connectivity index is 1.56. The highest BCUT2D eigenvalue weighted by atomic mass is 16.1. The molecule has 4 rings (SSSR count). The SMILES string of the molecule is CN1CCN(CC(c2ccccc2)c2ccccc2)CC12CCNC(=O)CC2. The van der Waals surface area contributed by atoms with Crippen molar-refractivity contribution in [2.75, 3.05) is 39.8 Å². The smallest absolute Gasteiger partial charge is 0.220 e. The zero-order valence-electron chi connectivity index (χ0n) is 16.8. The molecule has 1 spiro atoms. The van der Waals surface area contributed by atoms with Crippen LogP contribution in [-0.2, 0) is 4.79 Å². The lowest BCUT2D eigenvalue weighted by molar-refractivity contribution is -0.121. The Bertz CT molecular complexity index is 739. The van der Waals surface area contributed by atoms with Gasteiger partial charge in [0, 0.05) is 50.6 Å². The number of nitrogens with one attached hydrogen (secondary N) is 1. The van der Waals surface area contributed by atoms with Crippen molar-refractivity contribution >= 4 is 5.91 Å². The normalized spacial score (nSPS) is 24.3. The van der Waals surface area contributed by atoms with Crippen molar-refractivity contribution in [2.24, 2.45) is 0 Å². The predicted octanol–water partition coefficient (Wildman–Crippen LogP) is 3.10. The van der Waals surface area contributed by atoms with E-state index in [-0.39, 0.29) is 11.4 Å². The third kappa shape index (κ3) is 4.13. The molecule has 1 atom stereocenters. The lowest BCUT2D eigenvalue weighted by Gasteiger charge is -2.50. The summed E-state index contributed by atoms with van der Waals surface area (Å²) in [6.07, 6.45) is 2.62. The van der Waals surface area contributed by atoms with Crippen LogP contribution in [0.15, 0.2) is 60.7 Å². The molecule has 0 saturated carbocycles.